The quantitative estimate of drug-likeness (QED) is 0.0423. The van der Waals surface area contributed by atoms with Crippen molar-refractivity contribution in [2.75, 3.05) is 39.6 Å². The van der Waals surface area contributed by atoms with Crippen molar-refractivity contribution >= 4 is 0 Å². The fourth-order valence-corrected chi connectivity index (χ4v) is 18.6. The number of ether oxygens (including phenoxy) is 12. The number of hydrogen-bond acceptors (Lipinski definition) is 33. The first-order valence-corrected chi connectivity index (χ1v) is 35.4. The first-order chi connectivity index (χ1) is 46.8. The van der Waals surface area contributed by atoms with Crippen LogP contribution in [0.15, 0.2) is 11.6 Å². The van der Waals surface area contributed by atoms with Crippen LogP contribution < -0.4 is 0 Å². The van der Waals surface area contributed by atoms with Gasteiger partial charge in [-0.25, -0.2) is 0 Å². The zero-order chi connectivity index (χ0) is 73.5. The molecule has 9 fully saturated rings. The van der Waals surface area contributed by atoms with Gasteiger partial charge in [-0.1, -0.05) is 60.1 Å². The average Bonchev–Trinajstić information content (AvgIpc) is 1.20. The molecular weight excluding hydrogens is 1330 g/mol. The van der Waals surface area contributed by atoms with Crippen molar-refractivity contribution < 1.29 is 164 Å². The number of allylic oxidation sites excluding steroid dienone is 1. The van der Waals surface area contributed by atoms with E-state index in [-0.39, 0.29) is 35.5 Å². The monoisotopic (exact) mass is 1450 g/mol. The molecule has 100 heavy (non-hydrogen) atoms. The van der Waals surface area contributed by atoms with Crippen molar-refractivity contribution in [1.82, 2.24) is 0 Å². The fourth-order valence-electron chi connectivity index (χ4n) is 18.6. The summed E-state index contributed by atoms with van der Waals surface area (Å²) in [6, 6.07) is 0. The van der Waals surface area contributed by atoms with Crippen LogP contribution in [-0.2, 0) is 56.8 Å². The maximum absolute atomic E-state index is 12.9. The molecule has 0 bridgehead atoms. The summed E-state index contributed by atoms with van der Waals surface area (Å²) in [7, 11) is 0. The van der Waals surface area contributed by atoms with E-state index in [0.29, 0.717) is 32.1 Å². The van der Waals surface area contributed by atoms with E-state index >= 15 is 0 Å². The zero-order valence-electron chi connectivity index (χ0n) is 58.1. The standard InChI is InChI=1S/C67H114O33/c1-25(10-14-39(64(5,6)88)99-62-56(100-61-55(87)48(80)43(75)32(21-70)94-61)51(83)46(78)35(97-62)24-89-57-41(73)26(2)40(72)30(19-68)92-57)27-16-17-65(7)36-13-11-28-29(67(36,9)37(71)18-66(27,65)8)12-15-38(63(28,3)4)98-60-54(86)50(82)45(77)34(96-60)23-91-59-53(85)49(81)44(76)33(95-59)22-90-58-52(84)47(79)42(74)31(20-69)93-58/h11,25-27,29-62,68-88H,10,12-24H2,1-9H3/t25-,26+,27?,29?,30-,31+,32+,33-,34-,35-,36?,37-,38+,39-,40+,41-,42+,43+,44-,45-,46-,47-,48-,49+,50+,51+,52+,53-,54-,55+,56-,57-,58?,59-,60+,61-,62+,65+,66-,67+/m1/s1. The van der Waals surface area contributed by atoms with Crippen molar-refractivity contribution in [3.63, 3.8) is 0 Å². The summed E-state index contributed by atoms with van der Waals surface area (Å²) in [6.45, 7) is 13.6. The highest BCUT2D eigenvalue weighted by molar-refractivity contribution is 5.32. The minimum atomic E-state index is -1.94. The molecule has 580 valence electrons. The molecule has 33 heteroatoms. The van der Waals surface area contributed by atoms with E-state index in [4.69, 9.17) is 56.8 Å². The molecule has 0 radical (unpaired) electrons. The molecule has 6 aliphatic heterocycles. The highest BCUT2D eigenvalue weighted by atomic mass is 16.8. The van der Waals surface area contributed by atoms with E-state index in [1.807, 2.05) is 13.8 Å². The summed E-state index contributed by atoms with van der Waals surface area (Å²) in [5.41, 5.74) is -2.64. The Morgan fingerprint density at radius 3 is 1.40 bits per heavy atom. The molecule has 0 amide bonds. The van der Waals surface area contributed by atoms with Gasteiger partial charge in [0, 0.05) is 16.7 Å². The molecule has 4 aliphatic carbocycles. The smallest absolute Gasteiger partial charge is 0.187 e. The van der Waals surface area contributed by atoms with Crippen LogP contribution in [0.5, 0.6) is 0 Å². The Labute approximate surface area is 580 Å². The second kappa shape index (κ2) is 31.6. The predicted octanol–water partition coefficient (Wildman–Crippen LogP) is -6.31. The third kappa shape index (κ3) is 14.9. The highest BCUT2D eigenvalue weighted by Gasteiger charge is 2.71. The second-order valence-corrected chi connectivity index (χ2v) is 31.9. The van der Waals surface area contributed by atoms with Gasteiger partial charge in [0.25, 0.3) is 0 Å². The van der Waals surface area contributed by atoms with Crippen molar-refractivity contribution in [1.29, 1.82) is 0 Å². The van der Waals surface area contributed by atoms with Gasteiger partial charge in [-0.2, -0.15) is 0 Å². The lowest BCUT2D eigenvalue weighted by molar-refractivity contribution is -0.380. The Balaban J connectivity index is 0.794. The minimum Gasteiger partial charge on any atom is -0.394 e. The van der Waals surface area contributed by atoms with Gasteiger partial charge < -0.3 is 164 Å². The number of aliphatic hydroxyl groups is 21. The summed E-state index contributed by atoms with van der Waals surface area (Å²) in [5.74, 6) is -0.918. The highest BCUT2D eigenvalue weighted by Crippen LogP contribution is 2.75. The molecule has 10 aliphatic rings. The topological polar surface area (TPSA) is 536 Å². The largest absolute Gasteiger partial charge is 0.394 e. The number of hydrogen-bond donors (Lipinski definition) is 21. The van der Waals surface area contributed by atoms with Gasteiger partial charge in [-0.05, 0) is 99.7 Å². The number of fused-ring (bicyclic) bond motifs is 5. The Hall–Kier alpha value is -1.58. The van der Waals surface area contributed by atoms with Gasteiger partial charge in [0.15, 0.2) is 37.7 Å². The molecule has 0 spiro atoms. The van der Waals surface area contributed by atoms with Gasteiger partial charge in [0.1, 0.15) is 134 Å². The molecule has 6 heterocycles. The third-order valence-corrected chi connectivity index (χ3v) is 25.3. The van der Waals surface area contributed by atoms with Crippen LogP contribution in [0.3, 0.4) is 0 Å². The van der Waals surface area contributed by atoms with Gasteiger partial charge in [0.2, 0.25) is 0 Å². The molecule has 21 N–H and O–H groups in total. The van der Waals surface area contributed by atoms with E-state index in [1.54, 1.807) is 0 Å². The van der Waals surface area contributed by atoms with Crippen molar-refractivity contribution in [3.05, 3.63) is 11.6 Å². The average molecular weight is 1450 g/mol. The van der Waals surface area contributed by atoms with Crippen LogP contribution >= 0.6 is 0 Å². The first-order valence-electron chi connectivity index (χ1n) is 35.4. The Morgan fingerprint density at radius 2 is 0.900 bits per heavy atom. The maximum atomic E-state index is 12.9. The van der Waals surface area contributed by atoms with Crippen molar-refractivity contribution in [2.24, 2.45) is 51.2 Å². The Morgan fingerprint density at radius 1 is 0.480 bits per heavy atom. The molecule has 0 aromatic carbocycles. The summed E-state index contributed by atoms with van der Waals surface area (Å²) in [4.78, 5) is 0. The minimum absolute atomic E-state index is 0.00411. The lowest BCUT2D eigenvalue weighted by atomic mass is 9.38. The van der Waals surface area contributed by atoms with E-state index in [1.165, 1.54) is 20.8 Å². The summed E-state index contributed by atoms with van der Waals surface area (Å²) >= 11 is 0. The normalized spacial score (nSPS) is 52.1. The van der Waals surface area contributed by atoms with Crippen molar-refractivity contribution in [3.8, 4) is 0 Å². The van der Waals surface area contributed by atoms with Gasteiger partial charge in [-0.3, -0.25) is 0 Å². The lowest BCUT2D eigenvalue weighted by Crippen LogP contribution is -2.65. The van der Waals surface area contributed by atoms with Crippen LogP contribution in [0.1, 0.15) is 114 Å². The van der Waals surface area contributed by atoms with E-state index < -0.39 is 264 Å². The molecule has 0 aromatic rings. The molecule has 40 atom stereocenters. The number of rotatable bonds is 23. The molecule has 3 saturated carbocycles. The Bertz CT molecular complexity index is 2670. The molecule has 4 unspecified atom stereocenters. The van der Waals surface area contributed by atoms with E-state index in [0.717, 1.165) is 18.4 Å². The summed E-state index contributed by atoms with van der Waals surface area (Å²) in [5, 5.41) is 229. The lowest BCUT2D eigenvalue weighted by Gasteiger charge is -2.67. The van der Waals surface area contributed by atoms with Crippen LogP contribution in [0.25, 0.3) is 0 Å². The third-order valence-electron chi connectivity index (χ3n) is 25.3. The van der Waals surface area contributed by atoms with Crippen molar-refractivity contribution in [2.45, 2.75) is 316 Å². The predicted molar refractivity (Wildman–Crippen MR) is 336 cm³/mol. The first kappa shape index (κ1) is 80.9. The summed E-state index contributed by atoms with van der Waals surface area (Å²) in [6.07, 6.45) is -43.7. The SMILES string of the molecule is C[C@@H]1[C@@H](O)[C@H](OC[C@H]2O[C@@H](O[C@H](CC[C@@H](C)C3CC[C@@]4(C)C5CC=C6C(CC[C@H](O[C@@H]7O[C@H](CO[C@@H]8O[C@H](COC9O[C@@H](CO)[C@H](O)[C@@H](O)[C@@H]9O)[C@@H](O)[C@H](O)[C@H]8O)[C@@H](O)[C@H](O)[C@H]7O)C6(C)C)[C@]5(C)[C@H](O)C[C@]34C)C(C)(C)O)[C@H](O[C@H]3O[C@@H](CO)[C@H](O)[C@@H](O)[C@@H]3O)[C@@H](O)[C@@H]2O)O[C@H](CO)[C@H]1O. The molecule has 10 rings (SSSR count). The Kier molecular flexibility index (Phi) is 25.5. The summed E-state index contributed by atoms with van der Waals surface area (Å²) < 4.78 is 71.3. The fraction of sp³-hybridized carbons (Fsp3) is 0.970. The van der Waals surface area contributed by atoms with E-state index in [2.05, 4.69) is 33.8 Å². The van der Waals surface area contributed by atoms with Crippen LogP contribution in [0.4, 0.5) is 0 Å². The molecular formula is C67H114O33. The number of aliphatic hydroxyl groups excluding tert-OH is 20. The van der Waals surface area contributed by atoms with Gasteiger partial charge in [-0.15, -0.1) is 0 Å². The van der Waals surface area contributed by atoms with Gasteiger partial charge in [0.05, 0.1) is 69.7 Å². The van der Waals surface area contributed by atoms with Crippen LogP contribution in [-0.4, -0.2) is 349 Å². The zero-order valence-corrected chi connectivity index (χ0v) is 58.1. The molecule has 6 saturated heterocycles. The van der Waals surface area contributed by atoms with Gasteiger partial charge >= 0.3 is 0 Å². The van der Waals surface area contributed by atoms with Crippen LogP contribution in [0, 0.1) is 51.2 Å². The molecule has 33 nitrogen and oxygen atoms in total. The molecule has 0 aromatic heterocycles. The maximum Gasteiger partial charge on any atom is 0.187 e. The van der Waals surface area contributed by atoms with Crippen LogP contribution in [0.2, 0.25) is 0 Å². The second-order valence-electron chi connectivity index (χ2n) is 31.9. The van der Waals surface area contributed by atoms with E-state index in [9.17, 15) is 107 Å².